The molecular weight excluding hydrogens is 382 g/mol. The summed E-state index contributed by atoms with van der Waals surface area (Å²) in [4.78, 5) is 39.0. The lowest BCUT2D eigenvalue weighted by Crippen LogP contribution is -2.48. The topological polar surface area (TPSA) is 63.7 Å². The van der Waals surface area contributed by atoms with Crippen molar-refractivity contribution in [1.29, 1.82) is 0 Å². The second-order valence-electron chi connectivity index (χ2n) is 5.69. The number of benzene rings is 1. The number of para-hydroxylation sites is 1. The van der Waals surface area contributed by atoms with E-state index in [0.717, 1.165) is 21.9 Å². The molecule has 2 aliphatic heterocycles. The molecule has 0 radical (unpaired) electrons. The molecule has 0 saturated carbocycles. The highest BCUT2D eigenvalue weighted by molar-refractivity contribution is 8.02. The Kier molecular flexibility index (Phi) is 4.10. The van der Waals surface area contributed by atoms with Gasteiger partial charge in [0.2, 0.25) is 11.7 Å². The normalized spacial score (nSPS) is 21.2. The second-order valence-corrected chi connectivity index (χ2v) is 8.72. The van der Waals surface area contributed by atoms with E-state index >= 15 is 0 Å². The molecule has 2 aromatic rings. The van der Waals surface area contributed by atoms with E-state index in [1.807, 2.05) is 24.3 Å². The van der Waals surface area contributed by atoms with Gasteiger partial charge in [0.1, 0.15) is 0 Å². The average molecular weight is 394 g/mol. The first-order valence-electron chi connectivity index (χ1n) is 7.58. The molecule has 0 bridgehead atoms. The van der Waals surface area contributed by atoms with E-state index in [0.29, 0.717) is 15.6 Å². The fraction of sp³-hybridized carbons (Fsp3) is 0.235. The molecule has 8 heteroatoms. The molecule has 1 amide bonds. The Balaban J connectivity index is 1.54. The van der Waals surface area contributed by atoms with Gasteiger partial charge in [-0.3, -0.25) is 14.5 Å². The van der Waals surface area contributed by atoms with Gasteiger partial charge in [-0.2, -0.15) is 0 Å². The number of carbonyl (C=O) groups is 3. The number of nitrogens with zero attached hydrogens (tertiary/aromatic N) is 1. The van der Waals surface area contributed by atoms with E-state index in [1.165, 1.54) is 16.7 Å². The van der Waals surface area contributed by atoms with Gasteiger partial charge in [0.25, 0.3) is 0 Å². The first-order chi connectivity index (χ1) is 12.0. The maximum atomic E-state index is 12.8. The molecule has 1 aromatic heterocycles. The fourth-order valence-corrected chi connectivity index (χ4v) is 5.43. The maximum Gasteiger partial charge on any atom is 0.343 e. The van der Waals surface area contributed by atoms with Crippen LogP contribution in [0.2, 0.25) is 4.34 Å². The Morgan fingerprint density at radius 2 is 2.04 bits per heavy atom. The van der Waals surface area contributed by atoms with Crippen molar-refractivity contribution in [1.82, 2.24) is 0 Å². The minimum atomic E-state index is -1.10. The third kappa shape index (κ3) is 2.67. The van der Waals surface area contributed by atoms with Gasteiger partial charge in [0, 0.05) is 17.7 Å². The molecule has 2 aliphatic rings. The first kappa shape index (κ1) is 16.6. The van der Waals surface area contributed by atoms with Crippen LogP contribution in [0.15, 0.2) is 41.3 Å². The molecule has 4 rings (SSSR count). The summed E-state index contributed by atoms with van der Waals surface area (Å²) in [7, 11) is 0. The Morgan fingerprint density at radius 1 is 1.24 bits per heavy atom. The molecular formula is C17H12ClNO4S2. The number of hydrogen-bond donors (Lipinski definition) is 0. The van der Waals surface area contributed by atoms with Gasteiger partial charge in [-0.1, -0.05) is 35.5 Å². The Hall–Kier alpha value is -1.83. The van der Waals surface area contributed by atoms with E-state index in [1.54, 1.807) is 12.1 Å². The molecule has 3 heterocycles. The second kappa shape index (κ2) is 6.16. The number of fused-ring (bicyclic) bond motifs is 3. The minimum absolute atomic E-state index is 0.106. The van der Waals surface area contributed by atoms with Gasteiger partial charge in [-0.15, -0.1) is 11.3 Å². The number of rotatable bonds is 4. The molecule has 0 N–H and O–H groups in total. The molecule has 1 fully saturated rings. The summed E-state index contributed by atoms with van der Waals surface area (Å²) in [5.41, 5.74) is 0.725. The molecule has 0 aliphatic carbocycles. The van der Waals surface area contributed by atoms with Crippen molar-refractivity contribution in [3.63, 3.8) is 0 Å². The number of thiophene rings is 1. The van der Waals surface area contributed by atoms with Crippen molar-refractivity contribution in [3.8, 4) is 0 Å². The molecule has 1 saturated heterocycles. The van der Waals surface area contributed by atoms with Crippen molar-refractivity contribution in [2.24, 2.45) is 0 Å². The van der Waals surface area contributed by atoms with E-state index in [4.69, 9.17) is 16.3 Å². The van der Waals surface area contributed by atoms with Crippen molar-refractivity contribution < 1.29 is 19.1 Å². The van der Waals surface area contributed by atoms with Gasteiger partial charge < -0.3 is 4.74 Å². The monoisotopic (exact) mass is 393 g/mol. The van der Waals surface area contributed by atoms with Gasteiger partial charge in [0.15, 0.2) is 11.5 Å². The minimum Gasteiger partial charge on any atom is -0.455 e. The lowest BCUT2D eigenvalue weighted by Gasteiger charge is -2.28. The summed E-state index contributed by atoms with van der Waals surface area (Å²) in [6.45, 7) is -0.365. The van der Waals surface area contributed by atoms with Gasteiger partial charge in [-0.05, 0) is 24.3 Å². The van der Waals surface area contributed by atoms with Crippen molar-refractivity contribution >= 4 is 58.0 Å². The summed E-state index contributed by atoms with van der Waals surface area (Å²) >= 11 is 8.28. The zero-order chi connectivity index (χ0) is 17.6. The number of ether oxygens (including phenoxy) is 1. The molecule has 25 heavy (non-hydrogen) atoms. The number of thioether (sulfide) groups is 1. The number of esters is 1. The Bertz CT molecular complexity index is 896. The van der Waals surface area contributed by atoms with Crippen LogP contribution in [0.1, 0.15) is 22.5 Å². The number of anilines is 1. The van der Waals surface area contributed by atoms with E-state index in [9.17, 15) is 14.4 Å². The molecule has 128 valence electrons. The van der Waals surface area contributed by atoms with Crippen LogP contribution < -0.4 is 4.90 Å². The number of halogens is 1. The van der Waals surface area contributed by atoms with E-state index in [-0.39, 0.29) is 24.7 Å². The summed E-state index contributed by atoms with van der Waals surface area (Å²) in [5.74, 6) is -0.973. The quantitative estimate of drug-likeness (QED) is 0.584. The van der Waals surface area contributed by atoms with Crippen molar-refractivity contribution in [2.75, 3.05) is 11.5 Å². The third-order valence-corrected chi connectivity index (χ3v) is 6.90. The summed E-state index contributed by atoms with van der Waals surface area (Å²) in [6, 6.07) is 10.6. The molecule has 1 atom stereocenters. The molecule has 5 nitrogen and oxygen atoms in total. The van der Waals surface area contributed by atoms with Crippen molar-refractivity contribution in [2.45, 2.75) is 22.6 Å². The van der Waals surface area contributed by atoms with E-state index in [2.05, 4.69) is 0 Å². The zero-order valence-corrected chi connectivity index (χ0v) is 15.2. The number of amides is 1. The predicted molar refractivity (Wildman–Crippen MR) is 96.4 cm³/mol. The smallest absolute Gasteiger partial charge is 0.343 e. The summed E-state index contributed by atoms with van der Waals surface area (Å²) in [5, 5.41) is 0. The highest BCUT2D eigenvalue weighted by Gasteiger charge is 2.58. The fourth-order valence-electron chi connectivity index (χ4n) is 3.05. The summed E-state index contributed by atoms with van der Waals surface area (Å²) < 4.78 is 5.80. The number of Topliss-reactive ketones (excluding diaryl/α,β-unsaturated/α-hetero) is 1. The maximum absolute atomic E-state index is 12.8. The number of hydrogen-bond acceptors (Lipinski definition) is 6. The average Bonchev–Trinajstić information content (AvgIpc) is 3.27. The largest absolute Gasteiger partial charge is 0.455 e. The standard InChI is InChI=1S/C17H12ClNO4S2/c18-14-6-5-13(24-14)11(20)9-23-16(22)17-8-7-15(21)19(17)10-3-1-2-4-12(10)25-17/h1-6H,7-9H2/t17-/m1/s1. The first-order valence-corrected chi connectivity index (χ1v) is 9.59. The molecule has 0 spiro atoms. The summed E-state index contributed by atoms with van der Waals surface area (Å²) in [6.07, 6.45) is 0.647. The van der Waals surface area contributed by atoms with Crippen LogP contribution in [0, 0.1) is 0 Å². The predicted octanol–water partition coefficient (Wildman–Crippen LogP) is 3.76. The molecule has 0 unspecified atom stereocenters. The number of carbonyl (C=O) groups excluding carboxylic acids is 3. The van der Waals surface area contributed by atoms with Crippen LogP contribution in [0.5, 0.6) is 0 Å². The zero-order valence-electron chi connectivity index (χ0n) is 12.9. The highest BCUT2D eigenvalue weighted by Crippen LogP contribution is 2.56. The van der Waals surface area contributed by atoms with Crippen LogP contribution >= 0.6 is 34.7 Å². The highest BCUT2D eigenvalue weighted by atomic mass is 35.5. The third-order valence-electron chi connectivity index (χ3n) is 4.17. The van der Waals surface area contributed by atoms with Gasteiger partial charge >= 0.3 is 5.97 Å². The lowest BCUT2D eigenvalue weighted by atomic mass is 10.2. The molecule has 1 aromatic carbocycles. The van der Waals surface area contributed by atoms with Crippen LogP contribution in [-0.4, -0.2) is 29.1 Å². The lowest BCUT2D eigenvalue weighted by molar-refractivity contribution is -0.145. The van der Waals surface area contributed by atoms with Gasteiger partial charge in [0.05, 0.1) is 14.9 Å². The van der Waals surface area contributed by atoms with Crippen molar-refractivity contribution in [3.05, 3.63) is 45.6 Å². The van der Waals surface area contributed by atoms with Crippen LogP contribution in [0.25, 0.3) is 0 Å². The van der Waals surface area contributed by atoms with E-state index < -0.39 is 10.8 Å². The van der Waals surface area contributed by atoms with Crippen LogP contribution in [-0.2, 0) is 14.3 Å². The van der Waals surface area contributed by atoms with Crippen LogP contribution in [0.4, 0.5) is 5.69 Å². The number of ketones is 1. The Labute approximate surface area is 156 Å². The van der Waals surface area contributed by atoms with Gasteiger partial charge in [-0.25, -0.2) is 4.79 Å². The van der Waals surface area contributed by atoms with Crippen LogP contribution in [0.3, 0.4) is 0 Å². The SMILES string of the molecule is O=C(COC(=O)[C@]12CCC(=O)N1c1ccccc1S2)c1ccc(Cl)s1. The Morgan fingerprint density at radius 3 is 2.80 bits per heavy atom.